The van der Waals surface area contributed by atoms with Crippen LogP contribution in [0.2, 0.25) is 5.02 Å². The number of phenols is 1. The fourth-order valence-electron chi connectivity index (χ4n) is 1.08. The molecule has 0 aliphatic rings. The molecule has 1 aromatic rings. The highest BCUT2D eigenvalue weighted by atomic mass is 79.9. The molecule has 0 aliphatic carbocycles. The maximum atomic E-state index is 12.4. The lowest BCUT2D eigenvalue weighted by Gasteiger charge is -2.11. The number of hydrogen-bond acceptors (Lipinski definition) is 2. The van der Waals surface area contributed by atoms with Gasteiger partial charge in [0.2, 0.25) is 0 Å². The zero-order chi connectivity index (χ0) is 12.5. The Labute approximate surface area is 102 Å². The zero-order valence-corrected chi connectivity index (χ0v) is 9.95. The third kappa shape index (κ3) is 2.49. The number of ketones is 1. The molecule has 0 bridgehead atoms. The molecule has 0 amide bonds. The van der Waals surface area contributed by atoms with Crippen molar-refractivity contribution in [3.8, 4) is 5.75 Å². The Balaban J connectivity index is 3.35. The van der Waals surface area contributed by atoms with Crippen molar-refractivity contribution in [1.29, 1.82) is 0 Å². The minimum atomic E-state index is -4.66. The normalized spacial score (nSPS) is 11.6. The Morgan fingerprint density at radius 2 is 2.00 bits per heavy atom. The summed E-state index contributed by atoms with van der Waals surface area (Å²) in [6.07, 6.45) is -4.66. The fraction of sp³-hybridized carbons (Fsp3) is 0.222. The van der Waals surface area contributed by atoms with Crippen LogP contribution in [0, 0.1) is 0 Å². The van der Waals surface area contributed by atoms with Gasteiger partial charge in [-0.2, -0.15) is 13.2 Å². The van der Waals surface area contributed by atoms with E-state index in [1.807, 2.05) is 0 Å². The van der Waals surface area contributed by atoms with Gasteiger partial charge in [0.1, 0.15) is 5.75 Å². The van der Waals surface area contributed by atoms with Gasteiger partial charge in [-0.05, 0) is 12.1 Å². The van der Waals surface area contributed by atoms with Crippen LogP contribution in [0.25, 0.3) is 0 Å². The molecule has 0 aliphatic heterocycles. The molecule has 1 N–H and O–H groups in total. The van der Waals surface area contributed by atoms with Gasteiger partial charge in [0.05, 0.1) is 21.5 Å². The van der Waals surface area contributed by atoms with E-state index in [9.17, 15) is 23.1 Å². The summed E-state index contributed by atoms with van der Waals surface area (Å²) in [5.74, 6) is -1.39. The van der Waals surface area contributed by atoms with Crippen LogP contribution in [0.5, 0.6) is 5.75 Å². The zero-order valence-electron chi connectivity index (χ0n) is 7.61. The van der Waals surface area contributed by atoms with Crippen molar-refractivity contribution in [2.45, 2.75) is 6.18 Å². The van der Waals surface area contributed by atoms with E-state index >= 15 is 0 Å². The number of phenolic OH excluding ortho intramolecular Hbond substituents is 1. The number of carbonyl (C=O) groups is 1. The molecule has 7 heteroatoms. The summed E-state index contributed by atoms with van der Waals surface area (Å²) in [6.45, 7) is 0. The third-order valence-corrected chi connectivity index (χ3v) is 2.74. The SMILES string of the molecule is O=C(CBr)c1ccc(C(F)(F)F)c(Cl)c1O. The van der Waals surface area contributed by atoms with Crippen molar-refractivity contribution in [3.63, 3.8) is 0 Å². The summed E-state index contributed by atoms with van der Waals surface area (Å²) >= 11 is 8.19. The monoisotopic (exact) mass is 316 g/mol. The summed E-state index contributed by atoms with van der Waals surface area (Å²) in [5.41, 5.74) is -1.41. The van der Waals surface area contributed by atoms with Gasteiger partial charge in [-0.1, -0.05) is 27.5 Å². The number of hydrogen-bond donors (Lipinski definition) is 1. The molecular formula is C9H5BrClF3O2. The highest BCUT2D eigenvalue weighted by Crippen LogP contribution is 2.40. The van der Waals surface area contributed by atoms with Crippen LogP contribution < -0.4 is 0 Å². The molecule has 0 aromatic heterocycles. The molecule has 1 rings (SSSR count). The van der Waals surface area contributed by atoms with Crippen LogP contribution in [-0.2, 0) is 6.18 Å². The summed E-state index contributed by atoms with van der Waals surface area (Å²) in [4.78, 5) is 11.2. The average Bonchev–Trinajstić information content (AvgIpc) is 2.19. The van der Waals surface area contributed by atoms with Crippen molar-refractivity contribution < 1.29 is 23.1 Å². The molecule has 0 atom stereocenters. The van der Waals surface area contributed by atoms with E-state index in [-0.39, 0.29) is 10.9 Å². The van der Waals surface area contributed by atoms with E-state index in [4.69, 9.17) is 11.6 Å². The molecule has 0 radical (unpaired) electrons. The predicted octanol–water partition coefficient (Wildman–Crippen LogP) is 3.64. The van der Waals surface area contributed by atoms with Crippen LogP contribution >= 0.6 is 27.5 Å². The molecule has 1 aromatic carbocycles. The maximum absolute atomic E-state index is 12.4. The van der Waals surface area contributed by atoms with Gasteiger partial charge in [-0.15, -0.1) is 0 Å². The van der Waals surface area contributed by atoms with Gasteiger partial charge in [-0.25, -0.2) is 0 Å². The molecule has 16 heavy (non-hydrogen) atoms. The second kappa shape index (κ2) is 4.63. The Bertz CT molecular complexity index is 431. The van der Waals surface area contributed by atoms with Crippen LogP contribution in [0.15, 0.2) is 12.1 Å². The first-order valence-corrected chi connectivity index (χ1v) is 5.46. The van der Waals surface area contributed by atoms with Gasteiger partial charge < -0.3 is 5.11 Å². The number of rotatable bonds is 2. The van der Waals surface area contributed by atoms with E-state index in [0.29, 0.717) is 6.07 Å². The maximum Gasteiger partial charge on any atom is 0.417 e. The Hall–Kier alpha value is -0.750. The lowest BCUT2D eigenvalue weighted by atomic mass is 10.1. The molecule has 0 spiro atoms. The van der Waals surface area contributed by atoms with Crippen LogP contribution in [0.1, 0.15) is 15.9 Å². The fourth-order valence-corrected chi connectivity index (χ4v) is 1.65. The number of benzene rings is 1. The van der Waals surface area contributed by atoms with Gasteiger partial charge in [0.15, 0.2) is 5.78 Å². The smallest absolute Gasteiger partial charge is 0.417 e. The van der Waals surface area contributed by atoms with Crippen LogP contribution in [0.4, 0.5) is 13.2 Å². The van der Waals surface area contributed by atoms with E-state index in [1.54, 1.807) is 0 Å². The van der Waals surface area contributed by atoms with Crippen molar-refractivity contribution in [2.75, 3.05) is 5.33 Å². The van der Waals surface area contributed by atoms with Gasteiger partial charge in [0, 0.05) is 0 Å². The highest BCUT2D eigenvalue weighted by molar-refractivity contribution is 9.09. The molecule has 0 saturated heterocycles. The topological polar surface area (TPSA) is 37.3 Å². The molecular weight excluding hydrogens is 312 g/mol. The summed E-state index contributed by atoms with van der Waals surface area (Å²) in [7, 11) is 0. The van der Waals surface area contributed by atoms with Crippen molar-refractivity contribution >= 4 is 33.3 Å². The average molecular weight is 317 g/mol. The lowest BCUT2D eigenvalue weighted by Crippen LogP contribution is -2.08. The number of carbonyl (C=O) groups excluding carboxylic acids is 1. The Morgan fingerprint density at radius 1 is 1.44 bits per heavy atom. The van der Waals surface area contributed by atoms with Crippen LogP contribution in [-0.4, -0.2) is 16.2 Å². The first kappa shape index (κ1) is 13.3. The largest absolute Gasteiger partial charge is 0.506 e. The first-order valence-electron chi connectivity index (χ1n) is 3.97. The number of alkyl halides is 4. The van der Waals surface area contributed by atoms with E-state index in [1.165, 1.54) is 0 Å². The predicted molar refractivity (Wildman–Crippen MR) is 56.2 cm³/mol. The van der Waals surface area contributed by atoms with Crippen molar-refractivity contribution in [2.24, 2.45) is 0 Å². The van der Waals surface area contributed by atoms with E-state index < -0.39 is 28.3 Å². The standard InChI is InChI=1S/C9H5BrClF3O2/c10-3-6(15)4-1-2-5(9(12,13)14)7(11)8(4)16/h1-2,16H,3H2. The molecule has 0 unspecified atom stereocenters. The molecule has 0 saturated carbocycles. The Morgan fingerprint density at radius 3 is 2.44 bits per heavy atom. The third-order valence-electron chi connectivity index (χ3n) is 1.84. The lowest BCUT2D eigenvalue weighted by molar-refractivity contribution is -0.137. The van der Waals surface area contributed by atoms with E-state index in [0.717, 1.165) is 6.07 Å². The minimum absolute atomic E-state index is 0.109. The quantitative estimate of drug-likeness (QED) is 0.668. The van der Waals surface area contributed by atoms with Gasteiger partial charge in [0.25, 0.3) is 0 Å². The number of halogens is 5. The van der Waals surface area contributed by atoms with E-state index in [2.05, 4.69) is 15.9 Å². The molecule has 2 nitrogen and oxygen atoms in total. The molecule has 0 fully saturated rings. The number of Topliss-reactive ketones (excluding diaryl/α,β-unsaturated/α-hetero) is 1. The Kier molecular flexibility index (Phi) is 3.85. The summed E-state index contributed by atoms with van der Waals surface area (Å²) < 4.78 is 37.1. The molecule has 0 heterocycles. The minimum Gasteiger partial charge on any atom is -0.506 e. The summed E-state index contributed by atoms with van der Waals surface area (Å²) in [5, 5.41) is 8.40. The number of aromatic hydroxyl groups is 1. The van der Waals surface area contributed by atoms with Crippen LogP contribution in [0.3, 0.4) is 0 Å². The van der Waals surface area contributed by atoms with Crippen molar-refractivity contribution in [1.82, 2.24) is 0 Å². The molecule has 88 valence electrons. The highest BCUT2D eigenvalue weighted by Gasteiger charge is 2.35. The van der Waals surface area contributed by atoms with Crippen molar-refractivity contribution in [3.05, 3.63) is 28.3 Å². The second-order valence-electron chi connectivity index (χ2n) is 2.88. The first-order chi connectivity index (χ1) is 7.29. The van der Waals surface area contributed by atoms with Gasteiger partial charge >= 0.3 is 6.18 Å². The summed E-state index contributed by atoms with van der Waals surface area (Å²) in [6, 6.07) is 1.56. The second-order valence-corrected chi connectivity index (χ2v) is 3.82. The van der Waals surface area contributed by atoms with Gasteiger partial charge in [-0.3, -0.25) is 4.79 Å².